The van der Waals surface area contributed by atoms with Crippen LogP contribution in [0.4, 0.5) is 4.79 Å². The Morgan fingerprint density at radius 1 is 1.10 bits per heavy atom. The molecule has 0 bridgehead atoms. The van der Waals surface area contributed by atoms with Gasteiger partial charge in [0, 0.05) is 31.5 Å². The number of carbonyl (C=O) groups is 1. The molecule has 2 aliphatic rings. The van der Waals surface area contributed by atoms with Crippen molar-refractivity contribution in [1.82, 2.24) is 20.4 Å². The molecular formula is C22H30N4O2S. The first-order valence-electron chi connectivity index (χ1n) is 10.7. The van der Waals surface area contributed by atoms with E-state index in [1.54, 1.807) is 18.4 Å². The van der Waals surface area contributed by atoms with E-state index in [2.05, 4.69) is 15.5 Å². The van der Waals surface area contributed by atoms with Crippen molar-refractivity contribution in [2.24, 2.45) is 0 Å². The summed E-state index contributed by atoms with van der Waals surface area (Å²) in [6, 6.07) is 8.02. The minimum absolute atomic E-state index is 0.0312. The van der Waals surface area contributed by atoms with Gasteiger partial charge in [-0.3, -0.25) is 0 Å². The maximum Gasteiger partial charge on any atom is 0.317 e. The van der Waals surface area contributed by atoms with Gasteiger partial charge in [0.25, 0.3) is 0 Å². The Hall–Kier alpha value is -2.15. The topological polar surface area (TPSA) is 67.3 Å². The van der Waals surface area contributed by atoms with Gasteiger partial charge in [-0.05, 0) is 49.8 Å². The number of methoxy groups -OCH3 is 1. The normalized spacial score (nSPS) is 20.0. The first-order chi connectivity index (χ1) is 14.2. The van der Waals surface area contributed by atoms with Crippen molar-refractivity contribution in [1.29, 1.82) is 0 Å². The summed E-state index contributed by atoms with van der Waals surface area (Å²) in [5.41, 5.74) is 1.19. The highest BCUT2D eigenvalue weighted by Gasteiger charge is 2.28. The van der Waals surface area contributed by atoms with E-state index >= 15 is 0 Å². The summed E-state index contributed by atoms with van der Waals surface area (Å²) in [6.45, 7) is 2.20. The Labute approximate surface area is 176 Å². The Balaban J connectivity index is 1.26. The number of hydrogen-bond acceptors (Lipinski definition) is 5. The van der Waals surface area contributed by atoms with Gasteiger partial charge in [-0.15, -0.1) is 21.5 Å². The van der Waals surface area contributed by atoms with E-state index in [4.69, 9.17) is 4.74 Å². The fraction of sp³-hybridized carbons (Fsp3) is 0.591. The molecule has 1 aromatic heterocycles. The van der Waals surface area contributed by atoms with Crippen molar-refractivity contribution in [2.45, 2.75) is 56.8 Å². The van der Waals surface area contributed by atoms with Crippen LogP contribution in [0.2, 0.25) is 0 Å². The lowest BCUT2D eigenvalue weighted by Gasteiger charge is -2.31. The van der Waals surface area contributed by atoms with Gasteiger partial charge in [0.05, 0.1) is 7.11 Å². The SMILES string of the molecule is COc1ccc(CCNC(=O)N2CCCC(c3nnc(C4CCCC4)s3)C2)cc1. The van der Waals surface area contributed by atoms with Crippen LogP contribution >= 0.6 is 11.3 Å². The van der Waals surface area contributed by atoms with Crippen LogP contribution in [0.5, 0.6) is 5.75 Å². The molecule has 2 aromatic rings. The van der Waals surface area contributed by atoms with Crippen LogP contribution in [0.1, 0.15) is 65.9 Å². The smallest absolute Gasteiger partial charge is 0.317 e. The number of hydrogen-bond donors (Lipinski definition) is 1. The summed E-state index contributed by atoms with van der Waals surface area (Å²) >= 11 is 1.78. The minimum atomic E-state index is 0.0312. The van der Waals surface area contributed by atoms with Gasteiger partial charge < -0.3 is 15.0 Å². The molecule has 156 valence electrons. The molecule has 29 heavy (non-hydrogen) atoms. The molecular weight excluding hydrogens is 384 g/mol. The zero-order valence-electron chi connectivity index (χ0n) is 17.1. The Morgan fingerprint density at radius 3 is 2.52 bits per heavy atom. The third kappa shape index (κ3) is 5.07. The molecule has 1 aliphatic heterocycles. The van der Waals surface area contributed by atoms with Gasteiger partial charge in [0.15, 0.2) is 0 Å². The number of likely N-dealkylation sites (tertiary alicyclic amines) is 1. The van der Waals surface area contributed by atoms with E-state index in [1.807, 2.05) is 29.2 Å². The molecule has 4 rings (SSSR count). The standard InChI is InChI=1S/C22H30N4O2S/c1-28-19-10-8-16(9-11-19)12-13-23-22(27)26-14-4-7-18(15-26)21-25-24-20(29-21)17-5-2-3-6-17/h8-11,17-18H,2-7,12-15H2,1H3,(H,23,27). The van der Waals surface area contributed by atoms with E-state index in [1.165, 1.54) is 36.3 Å². The second kappa shape index (κ2) is 9.57. The van der Waals surface area contributed by atoms with Crippen molar-refractivity contribution in [2.75, 3.05) is 26.7 Å². The van der Waals surface area contributed by atoms with Gasteiger partial charge >= 0.3 is 6.03 Å². The minimum Gasteiger partial charge on any atom is -0.497 e. The third-order valence-corrected chi connectivity index (χ3v) is 7.32. The number of nitrogens with one attached hydrogen (secondary N) is 1. The largest absolute Gasteiger partial charge is 0.497 e. The van der Waals surface area contributed by atoms with Crippen LogP contribution in [-0.2, 0) is 6.42 Å². The van der Waals surface area contributed by atoms with Crippen LogP contribution < -0.4 is 10.1 Å². The molecule has 1 unspecified atom stereocenters. The van der Waals surface area contributed by atoms with Crippen LogP contribution in [0.15, 0.2) is 24.3 Å². The summed E-state index contributed by atoms with van der Waals surface area (Å²) in [4.78, 5) is 14.6. The van der Waals surface area contributed by atoms with Crippen LogP contribution in [-0.4, -0.2) is 47.9 Å². The summed E-state index contributed by atoms with van der Waals surface area (Å²) in [5, 5.41) is 14.4. The van der Waals surface area contributed by atoms with Crippen molar-refractivity contribution in [3.05, 3.63) is 39.8 Å². The predicted octanol–water partition coefficient (Wildman–Crippen LogP) is 4.34. The second-order valence-corrected chi connectivity index (χ2v) is 9.12. The van der Waals surface area contributed by atoms with E-state index in [-0.39, 0.29) is 6.03 Å². The Kier molecular flexibility index (Phi) is 6.64. The van der Waals surface area contributed by atoms with Gasteiger partial charge in [-0.25, -0.2) is 4.79 Å². The fourth-order valence-corrected chi connectivity index (χ4v) is 5.47. The Bertz CT molecular complexity index is 801. The summed E-state index contributed by atoms with van der Waals surface area (Å²) in [5.74, 6) is 1.79. The molecule has 0 radical (unpaired) electrons. The van der Waals surface area contributed by atoms with E-state index < -0.39 is 0 Å². The second-order valence-electron chi connectivity index (χ2n) is 8.08. The number of urea groups is 1. The first-order valence-corrected chi connectivity index (χ1v) is 11.5. The molecule has 7 heteroatoms. The van der Waals surface area contributed by atoms with E-state index in [0.29, 0.717) is 18.4 Å². The summed E-state index contributed by atoms with van der Waals surface area (Å²) < 4.78 is 5.18. The van der Waals surface area contributed by atoms with Gasteiger partial charge in [0.2, 0.25) is 0 Å². The van der Waals surface area contributed by atoms with Crippen LogP contribution in [0.25, 0.3) is 0 Å². The summed E-state index contributed by atoms with van der Waals surface area (Å²) in [6.07, 6.45) is 8.06. The monoisotopic (exact) mass is 414 g/mol. The highest BCUT2D eigenvalue weighted by molar-refractivity contribution is 7.11. The van der Waals surface area contributed by atoms with Crippen molar-refractivity contribution >= 4 is 17.4 Å². The maximum absolute atomic E-state index is 12.6. The number of amides is 2. The fourth-order valence-electron chi connectivity index (χ4n) is 4.33. The zero-order valence-corrected chi connectivity index (χ0v) is 17.9. The lowest BCUT2D eigenvalue weighted by Crippen LogP contribution is -2.45. The molecule has 6 nitrogen and oxygen atoms in total. The third-order valence-electron chi connectivity index (χ3n) is 6.07. The highest BCUT2D eigenvalue weighted by Crippen LogP contribution is 2.38. The van der Waals surface area contributed by atoms with Crippen molar-refractivity contribution < 1.29 is 9.53 Å². The van der Waals surface area contributed by atoms with Crippen LogP contribution in [0.3, 0.4) is 0 Å². The van der Waals surface area contributed by atoms with Gasteiger partial charge in [-0.2, -0.15) is 0 Å². The maximum atomic E-state index is 12.6. The molecule has 1 N–H and O–H groups in total. The number of rotatable bonds is 6. The summed E-state index contributed by atoms with van der Waals surface area (Å²) in [7, 11) is 1.67. The molecule has 1 atom stereocenters. The molecule has 2 heterocycles. The lowest BCUT2D eigenvalue weighted by molar-refractivity contribution is 0.179. The number of aromatic nitrogens is 2. The Morgan fingerprint density at radius 2 is 1.79 bits per heavy atom. The van der Waals surface area contributed by atoms with Gasteiger partial charge in [0.1, 0.15) is 15.8 Å². The molecule has 1 aliphatic carbocycles. The first kappa shape index (κ1) is 20.1. The van der Waals surface area contributed by atoms with Crippen LogP contribution in [0, 0.1) is 0 Å². The molecule has 1 saturated heterocycles. The highest BCUT2D eigenvalue weighted by atomic mass is 32.1. The number of nitrogens with zero attached hydrogens (tertiary/aromatic N) is 3. The van der Waals surface area contributed by atoms with E-state index in [0.717, 1.165) is 43.1 Å². The van der Waals surface area contributed by atoms with Gasteiger partial charge in [-0.1, -0.05) is 25.0 Å². The predicted molar refractivity (Wildman–Crippen MR) is 115 cm³/mol. The quantitative estimate of drug-likeness (QED) is 0.764. The molecule has 1 saturated carbocycles. The molecule has 2 fully saturated rings. The number of piperidine rings is 1. The molecule has 1 aromatic carbocycles. The average Bonchev–Trinajstić information content (AvgIpc) is 3.46. The molecule has 2 amide bonds. The van der Waals surface area contributed by atoms with Crippen molar-refractivity contribution in [3.63, 3.8) is 0 Å². The zero-order chi connectivity index (χ0) is 20.1. The lowest BCUT2D eigenvalue weighted by atomic mass is 9.99. The average molecular weight is 415 g/mol. The van der Waals surface area contributed by atoms with Crippen molar-refractivity contribution in [3.8, 4) is 5.75 Å². The molecule has 0 spiro atoms. The number of benzene rings is 1. The number of ether oxygens (including phenoxy) is 1. The number of carbonyl (C=O) groups excluding carboxylic acids is 1. The van der Waals surface area contributed by atoms with E-state index in [9.17, 15) is 4.79 Å².